The highest BCUT2D eigenvalue weighted by atomic mass is 16.4. The molecule has 0 bridgehead atoms. The monoisotopic (exact) mass is 179 g/mol. The van der Waals surface area contributed by atoms with Crippen molar-refractivity contribution >= 4 is 11.8 Å². The van der Waals surface area contributed by atoms with Crippen LogP contribution in [0.2, 0.25) is 0 Å². The molecule has 0 saturated heterocycles. The molecule has 0 aromatic rings. The number of carboxylic acid groups (broad SMARTS) is 1. The summed E-state index contributed by atoms with van der Waals surface area (Å²) in [5, 5.41) is 17.0. The summed E-state index contributed by atoms with van der Waals surface area (Å²) < 4.78 is 0. The topological polar surface area (TPSA) is 74.6 Å². The van der Waals surface area contributed by atoms with Crippen molar-refractivity contribution in [1.29, 1.82) is 0 Å². The normalized spacial score (nSPS) is 18.9. The van der Waals surface area contributed by atoms with Gasteiger partial charge in [0, 0.05) is 6.08 Å². The van der Waals surface area contributed by atoms with Crippen LogP contribution in [0.4, 0.5) is 0 Å². The molecule has 0 aromatic heterocycles. The fraction of sp³-hybridized carbons (Fsp3) is 0. The standard InChI is InChI=1S/C9H7O4/c10-7(5-8(11)9(12)13)6-3-1-2-4-6/h1-5,11H,(H,12,13)/b8-5-. The van der Waals surface area contributed by atoms with Gasteiger partial charge < -0.3 is 10.2 Å². The number of aliphatic carboxylic acids is 1. The Hall–Kier alpha value is -1.32. The Morgan fingerprint density at radius 2 is 1.69 bits per heavy atom. The van der Waals surface area contributed by atoms with Crippen molar-refractivity contribution in [2.75, 3.05) is 0 Å². The Morgan fingerprint density at radius 3 is 2.15 bits per heavy atom. The van der Waals surface area contributed by atoms with Crippen LogP contribution in [0.1, 0.15) is 0 Å². The second kappa shape index (κ2) is 4.07. The van der Waals surface area contributed by atoms with Crippen LogP contribution in [0.3, 0.4) is 0 Å². The highest BCUT2D eigenvalue weighted by Crippen LogP contribution is 2.24. The van der Waals surface area contributed by atoms with Gasteiger partial charge in [-0.1, -0.05) is 0 Å². The zero-order chi connectivity index (χ0) is 9.84. The van der Waals surface area contributed by atoms with Crippen molar-refractivity contribution in [2.45, 2.75) is 0 Å². The van der Waals surface area contributed by atoms with Crippen LogP contribution in [0.25, 0.3) is 0 Å². The van der Waals surface area contributed by atoms with Gasteiger partial charge in [-0.25, -0.2) is 4.79 Å². The highest BCUT2D eigenvalue weighted by Gasteiger charge is 2.24. The lowest BCUT2D eigenvalue weighted by Gasteiger charge is -2.00. The molecule has 1 fully saturated rings. The smallest absolute Gasteiger partial charge is 0.371 e. The first-order valence-corrected chi connectivity index (χ1v) is 3.51. The maximum Gasteiger partial charge on any atom is 0.371 e. The van der Waals surface area contributed by atoms with Crippen LogP contribution in [0, 0.1) is 31.6 Å². The molecule has 0 aliphatic heterocycles. The van der Waals surface area contributed by atoms with Crippen molar-refractivity contribution in [3.63, 3.8) is 0 Å². The minimum atomic E-state index is -1.51. The summed E-state index contributed by atoms with van der Waals surface area (Å²) >= 11 is 0. The van der Waals surface area contributed by atoms with Gasteiger partial charge in [0.05, 0.1) is 5.92 Å². The van der Waals surface area contributed by atoms with Crippen molar-refractivity contribution in [2.24, 2.45) is 0 Å². The first-order valence-electron chi connectivity index (χ1n) is 3.51. The number of carbonyl (C=O) groups is 2. The summed E-state index contributed by atoms with van der Waals surface area (Å²) in [7, 11) is 0. The van der Waals surface area contributed by atoms with Gasteiger partial charge in [0.1, 0.15) is 0 Å². The number of rotatable bonds is 3. The van der Waals surface area contributed by atoms with Gasteiger partial charge in [-0.2, -0.15) is 0 Å². The number of carboxylic acids is 1. The Balaban J connectivity index is 2.57. The predicted octanol–water partition coefficient (Wildman–Crippen LogP) is 0.487. The van der Waals surface area contributed by atoms with Gasteiger partial charge in [-0.3, -0.25) is 4.79 Å². The predicted molar refractivity (Wildman–Crippen MR) is 43.8 cm³/mol. The van der Waals surface area contributed by atoms with E-state index in [4.69, 9.17) is 10.2 Å². The average molecular weight is 179 g/mol. The molecule has 2 N–H and O–H groups in total. The molecular formula is C9H7O4. The number of ketones is 1. The SMILES string of the molecule is O=C(/C=C(\O)C(=O)O)[C]1[CH][CH][CH][CH]1. The molecule has 13 heavy (non-hydrogen) atoms. The van der Waals surface area contributed by atoms with E-state index < -0.39 is 17.5 Å². The van der Waals surface area contributed by atoms with Gasteiger partial charge >= 0.3 is 5.97 Å². The molecule has 4 nitrogen and oxygen atoms in total. The second-order valence-corrected chi connectivity index (χ2v) is 2.37. The van der Waals surface area contributed by atoms with Gasteiger partial charge in [-0.15, -0.1) is 0 Å². The number of aliphatic hydroxyl groups is 1. The minimum absolute atomic E-state index is 0.354. The molecule has 1 aliphatic carbocycles. The number of carbonyl (C=O) groups excluding carboxylic acids is 1. The molecule has 1 aliphatic rings. The van der Waals surface area contributed by atoms with Crippen molar-refractivity contribution in [3.8, 4) is 0 Å². The number of hydrogen-bond donors (Lipinski definition) is 2. The lowest BCUT2D eigenvalue weighted by Crippen LogP contribution is -2.09. The van der Waals surface area contributed by atoms with Crippen LogP contribution >= 0.6 is 0 Å². The third-order valence-electron chi connectivity index (χ3n) is 1.43. The van der Waals surface area contributed by atoms with Crippen molar-refractivity contribution in [3.05, 3.63) is 43.4 Å². The Labute approximate surface area is 75.9 Å². The molecular weight excluding hydrogens is 172 g/mol. The van der Waals surface area contributed by atoms with Crippen molar-refractivity contribution in [1.82, 2.24) is 0 Å². The van der Waals surface area contributed by atoms with Crippen LogP contribution < -0.4 is 0 Å². The molecule has 0 amide bonds. The van der Waals surface area contributed by atoms with Gasteiger partial charge in [0.25, 0.3) is 0 Å². The van der Waals surface area contributed by atoms with E-state index in [1.54, 1.807) is 12.8 Å². The third-order valence-corrected chi connectivity index (χ3v) is 1.43. The highest BCUT2D eigenvalue weighted by molar-refractivity contribution is 6.08. The van der Waals surface area contributed by atoms with Crippen molar-refractivity contribution < 1.29 is 19.8 Å². The van der Waals surface area contributed by atoms with E-state index in [-0.39, 0.29) is 0 Å². The van der Waals surface area contributed by atoms with Gasteiger partial charge in [0.15, 0.2) is 5.78 Å². The summed E-state index contributed by atoms with van der Waals surface area (Å²) in [4.78, 5) is 21.3. The molecule has 0 atom stereocenters. The molecule has 0 unspecified atom stereocenters. The quantitative estimate of drug-likeness (QED) is 0.488. The van der Waals surface area contributed by atoms with E-state index in [1.807, 2.05) is 0 Å². The first kappa shape index (κ1) is 9.77. The van der Waals surface area contributed by atoms with E-state index >= 15 is 0 Å². The summed E-state index contributed by atoms with van der Waals surface area (Å²) in [5.41, 5.74) is 0. The summed E-state index contributed by atoms with van der Waals surface area (Å²) in [6.45, 7) is 0. The zero-order valence-corrected chi connectivity index (χ0v) is 6.60. The van der Waals surface area contributed by atoms with Crippen LogP contribution in [0.15, 0.2) is 11.8 Å². The largest absolute Gasteiger partial charge is 0.502 e. The number of hydrogen-bond acceptors (Lipinski definition) is 3. The third kappa shape index (κ3) is 2.57. The molecule has 0 heterocycles. The Morgan fingerprint density at radius 1 is 1.15 bits per heavy atom. The Kier molecular flexibility index (Phi) is 3.06. The summed E-state index contributed by atoms with van der Waals surface area (Å²) in [5.74, 6) is -2.64. The van der Waals surface area contributed by atoms with Crippen LogP contribution in [-0.2, 0) is 9.59 Å². The minimum Gasteiger partial charge on any atom is -0.502 e. The van der Waals surface area contributed by atoms with E-state index in [0.29, 0.717) is 12.0 Å². The lowest BCUT2D eigenvalue weighted by atomic mass is 10.0. The van der Waals surface area contributed by atoms with E-state index in [2.05, 4.69) is 0 Å². The van der Waals surface area contributed by atoms with E-state index in [1.165, 1.54) is 12.8 Å². The molecule has 4 heteroatoms. The fourth-order valence-corrected chi connectivity index (χ4v) is 0.808. The van der Waals surface area contributed by atoms with Gasteiger partial charge in [0.2, 0.25) is 5.76 Å². The lowest BCUT2D eigenvalue weighted by molar-refractivity contribution is -0.135. The van der Waals surface area contributed by atoms with E-state index in [9.17, 15) is 9.59 Å². The van der Waals surface area contributed by atoms with E-state index in [0.717, 1.165) is 0 Å². The number of aliphatic hydroxyl groups excluding tert-OH is 1. The van der Waals surface area contributed by atoms with Crippen LogP contribution in [-0.4, -0.2) is 22.0 Å². The molecule has 1 rings (SSSR count). The molecule has 0 spiro atoms. The summed E-state index contributed by atoms with van der Waals surface area (Å²) in [6.07, 6.45) is 7.05. The van der Waals surface area contributed by atoms with Crippen LogP contribution in [0.5, 0.6) is 0 Å². The zero-order valence-electron chi connectivity index (χ0n) is 6.60. The molecule has 1 saturated carbocycles. The second-order valence-electron chi connectivity index (χ2n) is 2.37. The Bertz CT molecular complexity index is 248. The van der Waals surface area contributed by atoms with Gasteiger partial charge in [-0.05, 0) is 25.7 Å². The average Bonchev–Trinajstić information content (AvgIpc) is 2.55. The maximum atomic E-state index is 11.1. The molecule has 67 valence electrons. The first-order chi connectivity index (χ1) is 6.11. The fourth-order valence-electron chi connectivity index (χ4n) is 0.808. The maximum absolute atomic E-state index is 11.1. The summed E-state index contributed by atoms with van der Waals surface area (Å²) in [6, 6.07) is 0. The number of allylic oxidation sites excluding steroid dienone is 1. The molecule has 0 aromatic carbocycles. The molecule has 5 radical (unpaired) electrons.